The molecule has 1 aromatic carbocycles. The van der Waals surface area contributed by atoms with Gasteiger partial charge in [-0.3, -0.25) is 0 Å². The highest BCUT2D eigenvalue weighted by Crippen LogP contribution is 2.25. The minimum absolute atomic E-state index is 0.0503. The van der Waals surface area contributed by atoms with Gasteiger partial charge in [-0.15, -0.1) is 0 Å². The van der Waals surface area contributed by atoms with E-state index < -0.39 is 0 Å². The molecule has 2 rings (SSSR count). The van der Waals surface area contributed by atoms with Gasteiger partial charge in [0.25, 0.3) is 0 Å². The highest BCUT2D eigenvalue weighted by Gasteiger charge is 2.20. The molecule has 0 saturated heterocycles. The van der Waals surface area contributed by atoms with Crippen molar-refractivity contribution in [2.24, 2.45) is 5.92 Å². The van der Waals surface area contributed by atoms with Gasteiger partial charge in [-0.05, 0) is 88.1 Å². The van der Waals surface area contributed by atoms with E-state index in [0.717, 1.165) is 38.1 Å². The summed E-state index contributed by atoms with van der Waals surface area (Å²) in [6.45, 7) is 9.90. The largest absolute Gasteiger partial charge is 0.393 e. The first kappa shape index (κ1) is 15.5. The lowest BCUT2D eigenvalue weighted by atomic mass is 9.87. The van der Waals surface area contributed by atoms with Crippen LogP contribution in [0, 0.1) is 26.7 Å². The lowest BCUT2D eigenvalue weighted by Gasteiger charge is -2.27. The standard InChI is InChI=1S/C18H29NO/c1-12-9-14(3)18(10-13(12)2)15(4)19-11-16-5-7-17(20)8-6-16/h9-10,15-17,19-20H,5-8,11H2,1-4H3. The summed E-state index contributed by atoms with van der Waals surface area (Å²) in [5.74, 6) is 0.729. The van der Waals surface area contributed by atoms with Gasteiger partial charge in [0.1, 0.15) is 0 Å². The number of hydrogen-bond donors (Lipinski definition) is 2. The van der Waals surface area contributed by atoms with Crippen LogP contribution in [0.4, 0.5) is 0 Å². The summed E-state index contributed by atoms with van der Waals surface area (Å²) in [6.07, 6.45) is 4.22. The van der Waals surface area contributed by atoms with Crippen molar-refractivity contribution >= 4 is 0 Å². The first-order valence-corrected chi connectivity index (χ1v) is 7.96. The van der Waals surface area contributed by atoms with Gasteiger partial charge in [0.15, 0.2) is 0 Å². The third kappa shape index (κ3) is 3.83. The average molecular weight is 275 g/mol. The highest BCUT2D eigenvalue weighted by molar-refractivity contribution is 5.38. The summed E-state index contributed by atoms with van der Waals surface area (Å²) >= 11 is 0. The molecule has 112 valence electrons. The minimum Gasteiger partial charge on any atom is -0.393 e. The molecule has 1 unspecified atom stereocenters. The van der Waals surface area contributed by atoms with Crippen LogP contribution in [0.3, 0.4) is 0 Å². The molecule has 0 amide bonds. The van der Waals surface area contributed by atoms with Crippen molar-refractivity contribution in [3.05, 3.63) is 34.4 Å². The van der Waals surface area contributed by atoms with Crippen LogP contribution >= 0.6 is 0 Å². The molecule has 2 N–H and O–H groups in total. The Bertz CT molecular complexity index is 447. The van der Waals surface area contributed by atoms with E-state index in [9.17, 15) is 5.11 Å². The monoisotopic (exact) mass is 275 g/mol. The Balaban J connectivity index is 1.92. The van der Waals surface area contributed by atoms with E-state index in [-0.39, 0.29) is 6.10 Å². The number of aryl methyl sites for hydroxylation is 3. The Morgan fingerprint density at radius 1 is 1.05 bits per heavy atom. The molecule has 0 heterocycles. The van der Waals surface area contributed by atoms with E-state index in [1.54, 1.807) is 0 Å². The zero-order valence-electron chi connectivity index (χ0n) is 13.4. The van der Waals surface area contributed by atoms with Crippen molar-refractivity contribution in [2.75, 3.05) is 6.54 Å². The molecule has 2 heteroatoms. The second kappa shape index (κ2) is 6.73. The molecular weight excluding hydrogens is 246 g/mol. The predicted octanol–water partition coefficient (Wildman–Crippen LogP) is 3.81. The third-order valence-corrected chi connectivity index (χ3v) is 4.88. The summed E-state index contributed by atoms with van der Waals surface area (Å²) in [6, 6.07) is 5.02. The quantitative estimate of drug-likeness (QED) is 0.875. The fourth-order valence-corrected chi connectivity index (χ4v) is 3.25. The van der Waals surface area contributed by atoms with Gasteiger partial charge >= 0.3 is 0 Å². The Labute approximate surface area is 123 Å². The van der Waals surface area contributed by atoms with E-state index in [1.165, 1.54) is 22.3 Å². The number of aliphatic hydroxyl groups is 1. The van der Waals surface area contributed by atoms with Crippen LogP contribution in [0.25, 0.3) is 0 Å². The van der Waals surface area contributed by atoms with E-state index >= 15 is 0 Å². The maximum atomic E-state index is 9.55. The number of nitrogens with one attached hydrogen (secondary N) is 1. The van der Waals surface area contributed by atoms with Gasteiger partial charge in [0.2, 0.25) is 0 Å². The number of hydrogen-bond acceptors (Lipinski definition) is 2. The first-order chi connectivity index (χ1) is 9.47. The molecule has 1 fully saturated rings. The minimum atomic E-state index is -0.0503. The molecular formula is C18H29NO. The van der Waals surface area contributed by atoms with Crippen molar-refractivity contribution in [3.63, 3.8) is 0 Å². The summed E-state index contributed by atoms with van der Waals surface area (Å²) in [5, 5.41) is 13.2. The van der Waals surface area contributed by atoms with E-state index in [2.05, 4.69) is 45.1 Å². The Hall–Kier alpha value is -0.860. The van der Waals surface area contributed by atoms with E-state index in [0.29, 0.717) is 6.04 Å². The van der Waals surface area contributed by atoms with E-state index in [4.69, 9.17) is 0 Å². The fraction of sp³-hybridized carbons (Fsp3) is 0.667. The maximum Gasteiger partial charge on any atom is 0.0540 e. The summed E-state index contributed by atoms with van der Waals surface area (Å²) in [7, 11) is 0. The molecule has 1 aliphatic rings. The normalized spacial score (nSPS) is 24.6. The van der Waals surface area contributed by atoms with E-state index in [1.807, 2.05) is 0 Å². The second-order valence-corrected chi connectivity index (χ2v) is 6.60. The second-order valence-electron chi connectivity index (χ2n) is 6.60. The van der Waals surface area contributed by atoms with Crippen molar-refractivity contribution in [1.29, 1.82) is 0 Å². The Kier molecular flexibility index (Phi) is 5.22. The van der Waals surface area contributed by atoms with Crippen molar-refractivity contribution in [1.82, 2.24) is 5.32 Å². The molecule has 0 spiro atoms. The van der Waals surface area contributed by atoms with Gasteiger partial charge in [0.05, 0.1) is 6.10 Å². The number of aliphatic hydroxyl groups excluding tert-OH is 1. The van der Waals surface area contributed by atoms with Crippen molar-refractivity contribution in [3.8, 4) is 0 Å². The molecule has 1 atom stereocenters. The van der Waals surface area contributed by atoms with Gasteiger partial charge in [0, 0.05) is 6.04 Å². The van der Waals surface area contributed by atoms with Crippen molar-refractivity contribution < 1.29 is 5.11 Å². The zero-order valence-corrected chi connectivity index (χ0v) is 13.4. The highest BCUT2D eigenvalue weighted by atomic mass is 16.3. The Morgan fingerprint density at radius 3 is 2.30 bits per heavy atom. The molecule has 2 nitrogen and oxygen atoms in total. The zero-order chi connectivity index (χ0) is 14.7. The summed E-state index contributed by atoms with van der Waals surface area (Å²) in [4.78, 5) is 0. The third-order valence-electron chi connectivity index (χ3n) is 4.88. The average Bonchev–Trinajstić information content (AvgIpc) is 2.42. The maximum absolute atomic E-state index is 9.55. The SMILES string of the molecule is Cc1cc(C)c(C(C)NCC2CCC(O)CC2)cc1C. The fourth-order valence-electron chi connectivity index (χ4n) is 3.25. The van der Waals surface area contributed by atoms with Crippen LogP contribution in [-0.2, 0) is 0 Å². The topological polar surface area (TPSA) is 32.3 Å². The predicted molar refractivity (Wildman–Crippen MR) is 85.0 cm³/mol. The lowest BCUT2D eigenvalue weighted by molar-refractivity contribution is 0.108. The van der Waals surface area contributed by atoms with Crippen LogP contribution in [0.5, 0.6) is 0 Å². The molecule has 1 aromatic rings. The van der Waals surface area contributed by atoms with Crippen LogP contribution in [0.2, 0.25) is 0 Å². The summed E-state index contributed by atoms with van der Waals surface area (Å²) < 4.78 is 0. The van der Waals surface area contributed by atoms with Crippen LogP contribution in [0.1, 0.15) is 60.9 Å². The molecule has 0 aromatic heterocycles. The Morgan fingerprint density at radius 2 is 1.65 bits per heavy atom. The van der Waals surface area contributed by atoms with Crippen LogP contribution in [-0.4, -0.2) is 17.8 Å². The summed E-state index contributed by atoms with van der Waals surface area (Å²) in [5.41, 5.74) is 5.55. The smallest absolute Gasteiger partial charge is 0.0540 e. The first-order valence-electron chi connectivity index (χ1n) is 7.96. The van der Waals surface area contributed by atoms with Gasteiger partial charge in [-0.1, -0.05) is 12.1 Å². The van der Waals surface area contributed by atoms with Gasteiger partial charge in [-0.2, -0.15) is 0 Å². The number of rotatable bonds is 4. The number of benzene rings is 1. The van der Waals surface area contributed by atoms with Crippen LogP contribution < -0.4 is 5.32 Å². The van der Waals surface area contributed by atoms with Gasteiger partial charge in [-0.25, -0.2) is 0 Å². The molecule has 0 aliphatic heterocycles. The molecule has 1 aliphatic carbocycles. The molecule has 1 saturated carbocycles. The molecule has 0 radical (unpaired) electrons. The molecule has 0 bridgehead atoms. The molecule has 20 heavy (non-hydrogen) atoms. The van der Waals surface area contributed by atoms with Crippen molar-refractivity contribution in [2.45, 2.75) is 65.5 Å². The van der Waals surface area contributed by atoms with Crippen LogP contribution in [0.15, 0.2) is 12.1 Å². The lowest BCUT2D eigenvalue weighted by Crippen LogP contribution is -2.30. The van der Waals surface area contributed by atoms with Gasteiger partial charge < -0.3 is 10.4 Å².